The number of hydrogen-bond donors (Lipinski definition) is 3. The van der Waals surface area contributed by atoms with Crippen molar-refractivity contribution in [1.29, 1.82) is 0 Å². The Bertz CT molecular complexity index is 1150. The first-order chi connectivity index (χ1) is 18.8. The average molecular weight is 578 g/mol. The Morgan fingerprint density at radius 2 is 1.85 bits per heavy atom. The van der Waals surface area contributed by atoms with Crippen molar-refractivity contribution in [1.82, 2.24) is 45.6 Å². The Labute approximate surface area is 235 Å². The third-order valence-corrected chi connectivity index (χ3v) is 7.51. The third-order valence-electron chi connectivity index (χ3n) is 5.57. The first-order valence-corrected chi connectivity index (χ1v) is 14.4. The van der Waals surface area contributed by atoms with Crippen molar-refractivity contribution < 1.29 is 19.1 Å². The van der Waals surface area contributed by atoms with E-state index in [1.807, 2.05) is 5.38 Å². The minimum absolute atomic E-state index is 0.187. The second-order valence-electron chi connectivity index (χ2n) is 9.15. The average Bonchev–Trinajstić information content (AvgIpc) is 3.70. The summed E-state index contributed by atoms with van der Waals surface area (Å²) < 4.78 is 6.87. The smallest absolute Gasteiger partial charge is 0.407 e. The van der Waals surface area contributed by atoms with E-state index in [1.54, 1.807) is 47.3 Å². The molecule has 3 heterocycles. The number of carbonyl (C=O) groups is 3. The monoisotopic (exact) mass is 577 g/mol. The van der Waals surface area contributed by atoms with Gasteiger partial charge in [0.1, 0.15) is 25.3 Å². The van der Waals surface area contributed by atoms with E-state index in [9.17, 15) is 14.4 Å². The van der Waals surface area contributed by atoms with Crippen molar-refractivity contribution in [2.75, 3.05) is 20.1 Å². The third kappa shape index (κ3) is 10.6. The van der Waals surface area contributed by atoms with E-state index in [0.29, 0.717) is 51.4 Å². The van der Waals surface area contributed by atoms with Gasteiger partial charge in [-0.3, -0.25) is 9.78 Å². The first kappa shape index (κ1) is 30.0. The van der Waals surface area contributed by atoms with E-state index in [4.69, 9.17) is 4.74 Å². The lowest BCUT2D eigenvalue weighted by Crippen LogP contribution is -2.50. The predicted octanol–water partition coefficient (Wildman–Crippen LogP) is 2.74. The summed E-state index contributed by atoms with van der Waals surface area (Å²) in [5.41, 5.74) is 2.49. The van der Waals surface area contributed by atoms with E-state index in [2.05, 4.69) is 50.0 Å². The Morgan fingerprint density at radius 3 is 2.51 bits per heavy atom. The van der Waals surface area contributed by atoms with Crippen molar-refractivity contribution in [3.63, 3.8) is 0 Å². The van der Waals surface area contributed by atoms with Crippen molar-refractivity contribution in [2.24, 2.45) is 0 Å². The lowest BCUT2D eigenvalue weighted by atomic mass is 10.2. The fourth-order valence-electron chi connectivity index (χ4n) is 3.40. The molecule has 0 saturated heterocycles. The molecule has 39 heavy (non-hydrogen) atoms. The highest BCUT2D eigenvalue weighted by atomic mass is 32.1. The maximum absolute atomic E-state index is 12.9. The topological polar surface area (TPSA) is 156 Å². The van der Waals surface area contributed by atoms with E-state index < -0.39 is 12.1 Å². The van der Waals surface area contributed by atoms with Crippen molar-refractivity contribution >= 4 is 40.7 Å². The van der Waals surface area contributed by atoms with Gasteiger partial charge in [-0.1, -0.05) is 13.8 Å². The molecule has 3 aromatic rings. The van der Waals surface area contributed by atoms with Gasteiger partial charge < -0.3 is 30.2 Å². The molecule has 1 atom stereocenters. The minimum Gasteiger partial charge on any atom is -0.444 e. The summed E-state index contributed by atoms with van der Waals surface area (Å²) in [5, 5.41) is 18.9. The summed E-state index contributed by atoms with van der Waals surface area (Å²) in [4.78, 5) is 48.5. The molecule has 0 aromatic carbocycles. The summed E-state index contributed by atoms with van der Waals surface area (Å²) in [5.74, 6) is 0.0462. The van der Waals surface area contributed by atoms with Crippen LogP contribution in [0.5, 0.6) is 0 Å². The molecule has 13 nitrogen and oxygen atoms in total. The quantitative estimate of drug-likeness (QED) is 0.233. The van der Waals surface area contributed by atoms with Crippen LogP contribution >= 0.6 is 22.7 Å². The molecule has 4 amide bonds. The van der Waals surface area contributed by atoms with Gasteiger partial charge in [0.05, 0.1) is 27.6 Å². The number of unbranched alkanes of at least 4 members (excludes halogenated alkanes) is 1. The van der Waals surface area contributed by atoms with Crippen LogP contribution in [0.15, 0.2) is 29.7 Å². The molecule has 15 heteroatoms. The number of amides is 4. The van der Waals surface area contributed by atoms with Crippen molar-refractivity contribution in [2.45, 2.75) is 64.8 Å². The molecule has 0 bridgehead atoms. The zero-order valence-electron chi connectivity index (χ0n) is 22.3. The number of carbonyl (C=O) groups excluding carboxylic acids is 3. The minimum atomic E-state index is -0.746. The van der Waals surface area contributed by atoms with E-state index in [1.165, 1.54) is 16.2 Å². The first-order valence-electron chi connectivity index (χ1n) is 12.7. The summed E-state index contributed by atoms with van der Waals surface area (Å²) in [7, 11) is 1.67. The molecular weight excluding hydrogens is 542 g/mol. The van der Waals surface area contributed by atoms with E-state index in [-0.39, 0.29) is 18.5 Å². The van der Waals surface area contributed by atoms with Gasteiger partial charge in [0.15, 0.2) is 0 Å². The van der Waals surface area contributed by atoms with Crippen LogP contribution in [-0.2, 0) is 29.2 Å². The van der Waals surface area contributed by atoms with Gasteiger partial charge in [-0.25, -0.2) is 14.6 Å². The normalized spacial score (nSPS) is 11.7. The van der Waals surface area contributed by atoms with Crippen LogP contribution in [0.3, 0.4) is 0 Å². The van der Waals surface area contributed by atoms with Gasteiger partial charge >= 0.3 is 12.1 Å². The number of nitrogens with one attached hydrogen (secondary N) is 3. The Kier molecular flexibility index (Phi) is 12.1. The SMILES string of the molecule is CC(C)c1nc(CN(C)C(=O)N[C@@H](CCn2cnnc2)C(=O)NCCCCNC(=O)OCc2cncs2)cs1. The molecule has 0 aliphatic heterocycles. The van der Waals surface area contributed by atoms with Gasteiger partial charge in [-0.05, 0) is 19.3 Å². The van der Waals surface area contributed by atoms with E-state index in [0.717, 1.165) is 15.6 Å². The molecule has 0 spiro atoms. The van der Waals surface area contributed by atoms with Crippen LogP contribution in [-0.4, -0.2) is 73.8 Å². The summed E-state index contributed by atoms with van der Waals surface area (Å²) in [6.45, 7) is 5.98. The summed E-state index contributed by atoms with van der Waals surface area (Å²) in [6.07, 6.45) is 5.96. The molecular formula is C24H35N9O4S2. The molecule has 0 saturated carbocycles. The lowest BCUT2D eigenvalue weighted by molar-refractivity contribution is -0.123. The number of urea groups is 1. The number of alkyl carbamates (subject to hydrolysis) is 1. The Balaban J connectivity index is 1.40. The highest BCUT2D eigenvalue weighted by Crippen LogP contribution is 2.19. The standard InChI is InChI=1S/C24H35N9O4S2/c1-17(2)22-30-18(13-38-22)11-32(3)23(35)31-20(6-9-33-14-28-29-15-33)21(34)26-7-4-5-8-27-24(36)37-12-19-10-25-16-39-19/h10,13-17,20H,4-9,11-12H2,1-3H3,(H,26,34)(H,27,36)(H,31,35)/t20-/m0/s1. The molecule has 3 aromatic heterocycles. The Hall–Kier alpha value is -3.59. The maximum atomic E-state index is 12.9. The number of ether oxygens (including phenoxy) is 1. The largest absolute Gasteiger partial charge is 0.444 e. The van der Waals surface area contributed by atoms with Gasteiger partial charge in [-0.15, -0.1) is 32.9 Å². The van der Waals surface area contributed by atoms with Gasteiger partial charge in [0.25, 0.3) is 0 Å². The van der Waals surface area contributed by atoms with Crippen molar-refractivity contribution in [3.8, 4) is 0 Å². The number of rotatable bonds is 15. The van der Waals surface area contributed by atoms with Crippen LogP contribution in [0.2, 0.25) is 0 Å². The number of aryl methyl sites for hydroxylation is 1. The highest BCUT2D eigenvalue weighted by Gasteiger charge is 2.23. The fraction of sp³-hybridized carbons (Fsp3) is 0.542. The number of hydrogen-bond acceptors (Lipinski definition) is 10. The predicted molar refractivity (Wildman–Crippen MR) is 147 cm³/mol. The molecule has 3 rings (SSSR count). The summed E-state index contributed by atoms with van der Waals surface area (Å²) >= 11 is 2.99. The summed E-state index contributed by atoms with van der Waals surface area (Å²) in [6, 6.07) is -1.11. The number of aromatic nitrogens is 5. The fourth-order valence-corrected chi connectivity index (χ4v) is 4.73. The number of nitrogens with zero attached hydrogens (tertiary/aromatic N) is 6. The lowest BCUT2D eigenvalue weighted by Gasteiger charge is -2.23. The second-order valence-corrected chi connectivity index (χ2v) is 11.0. The molecule has 0 fully saturated rings. The maximum Gasteiger partial charge on any atom is 0.407 e. The van der Waals surface area contributed by atoms with Gasteiger partial charge in [0.2, 0.25) is 5.91 Å². The molecule has 0 aliphatic carbocycles. The molecule has 0 unspecified atom stereocenters. The van der Waals surface area contributed by atoms with Gasteiger partial charge in [0, 0.05) is 44.2 Å². The molecule has 212 valence electrons. The van der Waals surface area contributed by atoms with Gasteiger partial charge in [-0.2, -0.15) is 0 Å². The van der Waals surface area contributed by atoms with Crippen LogP contribution in [0.4, 0.5) is 9.59 Å². The van der Waals surface area contributed by atoms with Crippen LogP contribution < -0.4 is 16.0 Å². The van der Waals surface area contributed by atoms with Crippen LogP contribution in [0.1, 0.15) is 54.6 Å². The van der Waals surface area contributed by atoms with Crippen molar-refractivity contribution in [3.05, 3.63) is 45.3 Å². The molecule has 0 radical (unpaired) electrons. The highest BCUT2D eigenvalue weighted by molar-refractivity contribution is 7.09. The zero-order chi connectivity index (χ0) is 28.0. The number of thiazole rings is 2. The second kappa shape index (κ2) is 15.7. The van der Waals surface area contributed by atoms with E-state index >= 15 is 0 Å². The molecule has 3 N–H and O–H groups in total. The van der Waals surface area contributed by atoms with Crippen LogP contribution in [0, 0.1) is 0 Å². The molecule has 0 aliphatic rings. The zero-order valence-corrected chi connectivity index (χ0v) is 24.0. The Morgan fingerprint density at radius 1 is 1.10 bits per heavy atom. The van der Waals surface area contributed by atoms with Crippen LogP contribution in [0.25, 0.3) is 0 Å².